The van der Waals surface area contributed by atoms with Gasteiger partial charge >= 0.3 is 12.1 Å². The van der Waals surface area contributed by atoms with Gasteiger partial charge in [-0.05, 0) is 66.2 Å². The van der Waals surface area contributed by atoms with Gasteiger partial charge in [-0.15, -0.1) is 0 Å². The first-order valence-electron chi connectivity index (χ1n) is 12.9. The molecule has 3 heterocycles. The number of alkyl halides is 3. The van der Waals surface area contributed by atoms with Crippen molar-refractivity contribution in [3.05, 3.63) is 53.6 Å². The van der Waals surface area contributed by atoms with Crippen molar-refractivity contribution >= 4 is 49.3 Å². The fourth-order valence-electron chi connectivity index (χ4n) is 5.09. The van der Waals surface area contributed by atoms with Crippen LogP contribution in [0.3, 0.4) is 0 Å². The molecule has 214 valence electrons. The van der Waals surface area contributed by atoms with Gasteiger partial charge in [0.1, 0.15) is 5.82 Å². The fraction of sp³-hybridized carbons (Fsp3) is 0.423. The van der Waals surface area contributed by atoms with Crippen LogP contribution in [0.5, 0.6) is 0 Å². The predicted molar refractivity (Wildman–Crippen MR) is 144 cm³/mol. The Morgan fingerprint density at radius 2 is 1.88 bits per heavy atom. The highest BCUT2D eigenvalue weighted by Gasteiger charge is 2.43. The van der Waals surface area contributed by atoms with E-state index in [0.717, 1.165) is 15.9 Å². The SMILES string of the molecule is O=C(NCCNc1nsc2ccccc12)C1CCCN(S(=O)(=O)c2ccc3c(c2)CN(C(=O)C(F)(F)F)CC3)C1. The Kier molecular flexibility index (Phi) is 8.02. The number of hydrogen-bond donors (Lipinski definition) is 2. The smallest absolute Gasteiger partial charge is 0.367 e. The first-order chi connectivity index (χ1) is 19.0. The molecule has 2 aliphatic rings. The minimum atomic E-state index is -4.99. The van der Waals surface area contributed by atoms with Crippen molar-refractivity contribution in [1.29, 1.82) is 0 Å². The number of rotatable bonds is 7. The lowest BCUT2D eigenvalue weighted by atomic mass is 9.99. The second kappa shape index (κ2) is 11.3. The Hall–Kier alpha value is -3.23. The summed E-state index contributed by atoms with van der Waals surface area (Å²) in [5.41, 5.74) is 1.08. The quantitative estimate of drug-likeness (QED) is 0.406. The predicted octanol–water partition coefficient (Wildman–Crippen LogP) is 3.37. The zero-order chi connectivity index (χ0) is 28.5. The molecule has 3 aromatic rings. The van der Waals surface area contributed by atoms with Crippen LogP contribution in [0.15, 0.2) is 47.4 Å². The molecular weight excluding hydrogens is 567 g/mol. The number of piperidine rings is 1. The van der Waals surface area contributed by atoms with Gasteiger partial charge in [-0.2, -0.15) is 21.9 Å². The molecular formula is C26H28F3N5O4S2. The van der Waals surface area contributed by atoms with Gasteiger partial charge < -0.3 is 15.5 Å². The minimum Gasteiger partial charge on any atom is -0.367 e. The molecule has 1 saturated heterocycles. The first-order valence-corrected chi connectivity index (χ1v) is 15.1. The number of benzene rings is 2. The van der Waals surface area contributed by atoms with E-state index in [1.54, 1.807) is 6.07 Å². The Bertz CT molecular complexity index is 1530. The van der Waals surface area contributed by atoms with Crippen LogP contribution in [-0.4, -0.2) is 72.7 Å². The number of carbonyl (C=O) groups excluding carboxylic acids is 2. The van der Waals surface area contributed by atoms with Crippen molar-refractivity contribution in [2.75, 3.05) is 38.0 Å². The maximum Gasteiger partial charge on any atom is 0.471 e. The molecule has 0 spiro atoms. The third-order valence-corrected chi connectivity index (χ3v) is 9.89. The Balaban J connectivity index is 1.18. The molecule has 1 atom stereocenters. The molecule has 1 fully saturated rings. The highest BCUT2D eigenvalue weighted by Crippen LogP contribution is 2.30. The van der Waals surface area contributed by atoms with E-state index in [1.165, 1.54) is 28.0 Å². The summed E-state index contributed by atoms with van der Waals surface area (Å²) in [6.07, 6.45) is -3.74. The number of nitrogens with one attached hydrogen (secondary N) is 2. The third-order valence-electron chi connectivity index (χ3n) is 7.21. The van der Waals surface area contributed by atoms with Gasteiger partial charge in [0.2, 0.25) is 15.9 Å². The molecule has 2 N–H and O–H groups in total. The van der Waals surface area contributed by atoms with Gasteiger partial charge in [0.05, 0.1) is 15.5 Å². The lowest BCUT2D eigenvalue weighted by Gasteiger charge is -2.32. The van der Waals surface area contributed by atoms with Crippen LogP contribution in [0.4, 0.5) is 19.0 Å². The maximum atomic E-state index is 13.4. The number of amides is 2. The van der Waals surface area contributed by atoms with Crippen LogP contribution in [0.1, 0.15) is 24.0 Å². The van der Waals surface area contributed by atoms with E-state index in [0.29, 0.717) is 42.0 Å². The topological polar surface area (TPSA) is 112 Å². The molecule has 40 heavy (non-hydrogen) atoms. The molecule has 14 heteroatoms. The van der Waals surface area contributed by atoms with E-state index in [4.69, 9.17) is 0 Å². The standard InChI is InChI=1S/C26H28F3N5O4S2/c27-26(28,29)25(36)33-13-9-17-7-8-20(14-19(17)15-33)40(37,38)34-12-3-4-18(16-34)24(35)31-11-10-30-23-21-5-1-2-6-22(21)39-32-23/h1-2,5-8,14,18H,3-4,9-13,15-16H2,(H,30,32)(H,31,35). The van der Waals surface area contributed by atoms with Gasteiger partial charge in [-0.1, -0.05) is 18.2 Å². The molecule has 1 aromatic heterocycles. The summed E-state index contributed by atoms with van der Waals surface area (Å²) < 4.78 is 72.3. The van der Waals surface area contributed by atoms with Crippen LogP contribution >= 0.6 is 11.5 Å². The van der Waals surface area contributed by atoms with Crippen LogP contribution < -0.4 is 10.6 Å². The fourth-order valence-corrected chi connectivity index (χ4v) is 7.42. The Labute approximate surface area is 233 Å². The molecule has 0 aliphatic carbocycles. The Morgan fingerprint density at radius 3 is 2.67 bits per heavy atom. The highest BCUT2D eigenvalue weighted by molar-refractivity contribution is 7.89. The number of sulfonamides is 1. The summed E-state index contributed by atoms with van der Waals surface area (Å²) in [6.45, 7) is 0.639. The van der Waals surface area contributed by atoms with Crippen LogP contribution in [0.2, 0.25) is 0 Å². The average Bonchev–Trinajstić information content (AvgIpc) is 3.36. The van der Waals surface area contributed by atoms with Crippen LogP contribution in [0, 0.1) is 5.92 Å². The lowest BCUT2D eigenvalue weighted by molar-refractivity contribution is -0.186. The van der Waals surface area contributed by atoms with E-state index in [1.807, 2.05) is 24.3 Å². The number of aromatic nitrogens is 1. The molecule has 2 amide bonds. The number of hydrogen-bond acceptors (Lipinski definition) is 7. The second-order valence-electron chi connectivity index (χ2n) is 9.85. The number of fused-ring (bicyclic) bond motifs is 2. The van der Waals surface area contributed by atoms with Gasteiger partial charge in [0.15, 0.2) is 0 Å². The van der Waals surface area contributed by atoms with Crippen molar-refractivity contribution in [3.63, 3.8) is 0 Å². The molecule has 2 aliphatic heterocycles. The normalized spacial score (nSPS) is 18.4. The third kappa shape index (κ3) is 5.93. The van der Waals surface area contributed by atoms with Crippen molar-refractivity contribution in [2.24, 2.45) is 5.92 Å². The number of nitrogens with zero attached hydrogens (tertiary/aromatic N) is 3. The largest absolute Gasteiger partial charge is 0.471 e. The Morgan fingerprint density at radius 1 is 1.07 bits per heavy atom. The summed E-state index contributed by atoms with van der Waals surface area (Å²) in [6, 6.07) is 12.2. The zero-order valence-corrected chi connectivity index (χ0v) is 23.0. The molecule has 0 radical (unpaired) electrons. The summed E-state index contributed by atoms with van der Waals surface area (Å²) >= 11 is 1.39. The summed E-state index contributed by atoms with van der Waals surface area (Å²) in [7, 11) is -4.00. The molecule has 0 saturated carbocycles. The van der Waals surface area contributed by atoms with E-state index in [-0.39, 0.29) is 43.4 Å². The van der Waals surface area contributed by atoms with Crippen LogP contribution in [-0.2, 0) is 32.6 Å². The summed E-state index contributed by atoms with van der Waals surface area (Å²) in [4.78, 5) is 25.2. The number of halogens is 3. The number of carbonyl (C=O) groups is 2. The zero-order valence-electron chi connectivity index (χ0n) is 21.4. The highest BCUT2D eigenvalue weighted by atomic mass is 32.2. The molecule has 2 aromatic carbocycles. The second-order valence-corrected chi connectivity index (χ2v) is 12.6. The van der Waals surface area contributed by atoms with Crippen molar-refractivity contribution in [2.45, 2.75) is 36.9 Å². The number of anilines is 1. The van der Waals surface area contributed by atoms with Gasteiger partial charge in [0, 0.05) is 44.7 Å². The van der Waals surface area contributed by atoms with Crippen molar-refractivity contribution < 1.29 is 31.2 Å². The van der Waals surface area contributed by atoms with Crippen molar-refractivity contribution in [1.82, 2.24) is 18.9 Å². The monoisotopic (exact) mass is 595 g/mol. The first kappa shape index (κ1) is 28.3. The minimum absolute atomic E-state index is 0.00802. The lowest BCUT2D eigenvalue weighted by Crippen LogP contribution is -2.46. The van der Waals surface area contributed by atoms with E-state index < -0.39 is 28.0 Å². The molecule has 5 rings (SSSR count). The maximum absolute atomic E-state index is 13.4. The van der Waals surface area contributed by atoms with E-state index >= 15 is 0 Å². The van der Waals surface area contributed by atoms with Gasteiger partial charge in [-0.3, -0.25) is 9.59 Å². The van der Waals surface area contributed by atoms with Gasteiger partial charge in [-0.25, -0.2) is 8.42 Å². The summed E-state index contributed by atoms with van der Waals surface area (Å²) in [5.74, 6) is -1.95. The van der Waals surface area contributed by atoms with E-state index in [9.17, 15) is 31.2 Å². The average molecular weight is 596 g/mol. The van der Waals surface area contributed by atoms with Crippen molar-refractivity contribution in [3.8, 4) is 0 Å². The van der Waals surface area contributed by atoms with Gasteiger partial charge in [0.25, 0.3) is 0 Å². The molecule has 9 nitrogen and oxygen atoms in total. The van der Waals surface area contributed by atoms with E-state index in [2.05, 4.69) is 15.0 Å². The summed E-state index contributed by atoms with van der Waals surface area (Å²) in [5, 5.41) is 7.09. The molecule has 0 bridgehead atoms. The molecule has 1 unspecified atom stereocenters. The van der Waals surface area contributed by atoms with Crippen LogP contribution in [0.25, 0.3) is 10.1 Å².